The topological polar surface area (TPSA) is 70.0 Å². The summed E-state index contributed by atoms with van der Waals surface area (Å²) in [6.07, 6.45) is 13.3. The summed E-state index contributed by atoms with van der Waals surface area (Å²) < 4.78 is 35.5. The van der Waals surface area contributed by atoms with Crippen LogP contribution in [0, 0.1) is 112 Å². The van der Waals surface area contributed by atoms with E-state index in [2.05, 4.69) is 91.0 Å². The van der Waals surface area contributed by atoms with Crippen molar-refractivity contribution in [1.29, 1.82) is 0 Å². The van der Waals surface area contributed by atoms with Crippen LogP contribution < -0.4 is 0 Å². The fourth-order valence-electron chi connectivity index (χ4n) is 5.70. The Morgan fingerprint density at radius 3 is 0.865 bits per heavy atom. The molecule has 2 fully saturated rings. The molecule has 0 unspecified atom stereocenters. The van der Waals surface area contributed by atoms with Gasteiger partial charge in [0, 0.05) is 42.1 Å². The predicted octanol–water partition coefficient (Wildman–Crippen LogP) is 20.6. The summed E-state index contributed by atoms with van der Waals surface area (Å²) in [7, 11) is 0. The number of benzene rings is 3. The van der Waals surface area contributed by atoms with Crippen LogP contribution in [0.1, 0.15) is 180 Å². The van der Waals surface area contributed by atoms with Crippen molar-refractivity contribution in [2.24, 2.45) is 17.8 Å². The number of hydrogen-bond donors (Lipinski definition) is 0. The molecular weight excluding hydrogens is 919 g/mol. The second-order valence-electron chi connectivity index (χ2n) is 18.1. The fourth-order valence-corrected chi connectivity index (χ4v) is 5.70. The van der Waals surface area contributed by atoms with E-state index < -0.39 is 0 Å². The minimum Gasteiger partial charge on any atom is -0.353 e. The number of pyridine rings is 2. The lowest BCUT2D eigenvalue weighted by Crippen LogP contribution is -2.27. The van der Waals surface area contributed by atoms with Gasteiger partial charge in [-0.3, -0.25) is 9.97 Å². The minimum absolute atomic E-state index is 0. The summed E-state index contributed by atoms with van der Waals surface area (Å²) in [6, 6.07) is 27.1. The number of hydrogen-bond acceptors (Lipinski definition) is 6. The molecule has 6 aromatic rings. The van der Waals surface area contributed by atoms with E-state index in [4.69, 9.17) is 9.47 Å². The van der Waals surface area contributed by atoms with Crippen molar-refractivity contribution in [3.05, 3.63) is 189 Å². The lowest BCUT2D eigenvalue weighted by molar-refractivity contribution is -0.187. The molecule has 0 atom stereocenters. The van der Waals surface area contributed by atoms with Gasteiger partial charge in [-0.1, -0.05) is 178 Å². The Hall–Kier alpha value is -5.18. The molecule has 3 aromatic carbocycles. The molecule has 1 aliphatic heterocycles. The zero-order chi connectivity index (χ0) is 49.6. The van der Waals surface area contributed by atoms with Gasteiger partial charge in [0.05, 0.1) is 13.2 Å². The van der Waals surface area contributed by atoms with Crippen molar-refractivity contribution in [3.63, 3.8) is 0 Å². The minimum atomic E-state index is -0.116. The van der Waals surface area contributed by atoms with Crippen LogP contribution >= 0.6 is 0 Å². The molecule has 1 aliphatic carbocycles. The highest BCUT2D eigenvalue weighted by Crippen LogP contribution is 2.27. The van der Waals surface area contributed by atoms with E-state index in [0.717, 1.165) is 59.0 Å². The highest BCUT2D eigenvalue weighted by atomic mass is 19.1. The Balaban J connectivity index is -0.000000110. The van der Waals surface area contributed by atoms with E-state index >= 15 is 0 Å². The van der Waals surface area contributed by atoms with Gasteiger partial charge in [0.15, 0.2) is 6.29 Å². The van der Waals surface area contributed by atoms with Crippen molar-refractivity contribution >= 4 is 0 Å². The summed E-state index contributed by atoms with van der Waals surface area (Å²) in [5.41, 5.74) is 11.7. The molecule has 4 heterocycles. The number of aromatic nitrogens is 4. The average molecular weight is 1030 g/mol. The zero-order valence-electron chi connectivity index (χ0n) is 43.3. The third-order valence-corrected chi connectivity index (χ3v) is 10.4. The largest absolute Gasteiger partial charge is 0.353 e. The summed E-state index contributed by atoms with van der Waals surface area (Å²) in [5, 5.41) is 0. The predicted molar refractivity (Wildman–Crippen MR) is 328 cm³/mol. The van der Waals surface area contributed by atoms with Crippen LogP contribution in [0.2, 0.25) is 0 Å². The summed E-state index contributed by atoms with van der Waals surface area (Å²) >= 11 is 0. The van der Waals surface area contributed by atoms with Crippen LogP contribution in [0.3, 0.4) is 0 Å². The van der Waals surface area contributed by atoms with Crippen LogP contribution in [0.5, 0.6) is 0 Å². The molecule has 1 saturated heterocycles. The van der Waals surface area contributed by atoms with Crippen LogP contribution in [0.25, 0.3) is 0 Å². The summed E-state index contributed by atoms with van der Waals surface area (Å²) in [4.78, 5) is 16.1. The molecule has 0 amide bonds. The number of rotatable bonds is 0. The molecule has 2 aliphatic rings. The van der Waals surface area contributed by atoms with E-state index in [1.807, 2.05) is 111 Å². The first-order valence-electron chi connectivity index (χ1n) is 23.4. The highest BCUT2D eigenvalue weighted by molar-refractivity contribution is 5.23. The lowest BCUT2D eigenvalue weighted by atomic mass is 9.84. The van der Waals surface area contributed by atoms with Crippen LogP contribution in [-0.4, -0.2) is 39.4 Å². The number of ether oxygens (including phenoxy) is 2. The van der Waals surface area contributed by atoms with Gasteiger partial charge < -0.3 is 9.47 Å². The molecular formula is C66H114F2N4O2. The van der Waals surface area contributed by atoms with Crippen LogP contribution in [0.15, 0.2) is 110 Å². The van der Waals surface area contributed by atoms with Gasteiger partial charge in [-0.05, 0) is 165 Å². The SMILES string of the molecule is C.C.C.C.C.C.C.C.CC1CCC(C)CC1.CC1COC(C)OC1.Cc1ccc(C)c(F)c1.Cc1ccc(C)c(F)c1.Cc1ccc(C)cc1.Cc1ccc(C)nc1.Cc1ccc(C)nc1.Cc1cnc(C)nc1. The third kappa shape index (κ3) is 44.3. The molecule has 0 N–H and O–H groups in total. The Morgan fingerprint density at radius 2 is 0.635 bits per heavy atom. The molecule has 6 nitrogen and oxygen atoms in total. The molecule has 0 bridgehead atoms. The van der Waals surface area contributed by atoms with Crippen molar-refractivity contribution in [2.45, 2.75) is 202 Å². The molecule has 0 spiro atoms. The second kappa shape index (κ2) is 48.7. The van der Waals surface area contributed by atoms with Crippen molar-refractivity contribution in [2.75, 3.05) is 13.2 Å². The first-order chi connectivity index (χ1) is 31.1. The quantitative estimate of drug-likeness (QED) is 0.151. The molecule has 8 rings (SSSR count). The summed E-state index contributed by atoms with van der Waals surface area (Å²) in [6.45, 7) is 33.8. The van der Waals surface area contributed by atoms with Gasteiger partial charge in [0.1, 0.15) is 17.5 Å². The Bertz CT molecular complexity index is 1800. The maximum Gasteiger partial charge on any atom is 0.154 e. The molecule has 74 heavy (non-hydrogen) atoms. The molecule has 3 aromatic heterocycles. The van der Waals surface area contributed by atoms with Crippen LogP contribution in [-0.2, 0) is 9.47 Å². The number of halogens is 2. The first-order valence-corrected chi connectivity index (χ1v) is 23.4. The lowest BCUT2D eigenvalue weighted by Gasteiger charge is -2.24. The molecule has 0 radical (unpaired) electrons. The van der Waals surface area contributed by atoms with Gasteiger partial charge in [-0.2, -0.15) is 0 Å². The fraction of sp³-hybridized carbons (Fsp3) is 0.515. The van der Waals surface area contributed by atoms with Gasteiger partial charge >= 0.3 is 0 Å². The standard InChI is InChI=1S/2C8H9F.C8H16.C8H10.2C7H9N.C6H8N2.C6H12O2.8CH4/c2*1-6-3-4-7(2)8(9)5-6;2*1-7-3-5-8(2)6-4-7;2*1-6-3-4-7(2)8-5-6;2*1-5-3-7-6(2)8-4-5;;;;;;;;/h2*3-5H,1-2H3;7-8H,3-6H2,1-2H3;3-6H,1-2H3;2*3-5H,1-2H3;3-4H,1-2H3;5-6H,3-4H2,1-2H3;8*1H4. The maximum atomic E-state index is 12.6. The number of aryl methyl sites for hydroxylation is 12. The van der Waals surface area contributed by atoms with Crippen molar-refractivity contribution in [3.8, 4) is 0 Å². The maximum absolute atomic E-state index is 12.6. The van der Waals surface area contributed by atoms with Crippen molar-refractivity contribution < 1.29 is 18.3 Å². The van der Waals surface area contributed by atoms with Gasteiger partial charge in [0.25, 0.3) is 0 Å². The Morgan fingerprint density at radius 1 is 0.351 bits per heavy atom. The zero-order valence-corrected chi connectivity index (χ0v) is 43.3. The Kier molecular flexibility index (Phi) is 56.4. The molecule has 1 saturated carbocycles. The van der Waals surface area contributed by atoms with Crippen LogP contribution in [0.4, 0.5) is 8.78 Å². The van der Waals surface area contributed by atoms with E-state index in [1.54, 1.807) is 26.0 Å². The van der Waals surface area contributed by atoms with Crippen molar-refractivity contribution in [1.82, 2.24) is 19.9 Å². The normalized spacial score (nSPS) is 14.9. The second-order valence-corrected chi connectivity index (χ2v) is 18.1. The smallest absolute Gasteiger partial charge is 0.154 e. The third-order valence-electron chi connectivity index (χ3n) is 10.4. The molecule has 424 valence electrons. The monoisotopic (exact) mass is 1030 g/mol. The number of nitrogens with zero attached hydrogens (tertiary/aromatic N) is 4. The highest BCUT2D eigenvalue weighted by Gasteiger charge is 2.14. The van der Waals surface area contributed by atoms with E-state index in [-0.39, 0.29) is 77.3 Å². The van der Waals surface area contributed by atoms with E-state index in [0.29, 0.717) is 17.0 Å². The summed E-state index contributed by atoms with van der Waals surface area (Å²) in [5.74, 6) is 3.21. The Labute approximate surface area is 458 Å². The molecule has 8 heteroatoms. The van der Waals surface area contributed by atoms with Gasteiger partial charge in [0.2, 0.25) is 0 Å². The first kappa shape index (κ1) is 85.6. The van der Waals surface area contributed by atoms with Gasteiger partial charge in [-0.25, -0.2) is 18.7 Å². The van der Waals surface area contributed by atoms with E-state index in [9.17, 15) is 8.78 Å². The average Bonchev–Trinajstić information content (AvgIpc) is 3.29. The van der Waals surface area contributed by atoms with E-state index in [1.165, 1.54) is 60.1 Å². The van der Waals surface area contributed by atoms with Gasteiger partial charge in [-0.15, -0.1) is 0 Å².